The first-order valence-electron chi connectivity index (χ1n) is 8.45. The Morgan fingerprint density at radius 2 is 1.68 bits per heavy atom. The van der Waals surface area contributed by atoms with Gasteiger partial charge >= 0.3 is 5.97 Å². The highest BCUT2D eigenvalue weighted by Crippen LogP contribution is 2.28. The van der Waals surface area contributed by atoms with Gasteiger partial charge in [0.05, 0.1) is 5.92 Å². The molecule has 0 aliphatic heterocycles. The molecule has 1 rings (SSSR count). The topological polar surface area (TPSA) is 35.5 Å². The average molecular weight is 306 g/mol. The molecule has 0 spiro atoms. The molecule has 0 amide bonds. The van der Waals surface area contributed by atoms with Crippen molar-refractivity contribution >= 4 is 5.97 Å². The van der Waals surface area contributed by atoms with Crippen LogP contribution in [-0.2, 0) is 9.53 Å². The predicted molar refractivity (Wildman–Crippen MR) is 90.3 cm³/mol. The van der Waals surface area contributed by atoms with Crippen LogP contribution in [0.25, 0.3) is 0 Å². The van der Waals surface area contributed by atoms with Crippen molar-refractivity contribution in [3.63, 3.8) is 0 Å². The molecule has 3 heteroatoms. The zero-order chi connectivity index (χ0) is 16.5. The van der Waals surface area contributed by atoms with Crippen molar-refractivity contribution in [1.82, 2.24) is 0 Å². The van der Waals surface area contributed by atoms with Crippen molar-refractivity contribution in [3.05, 3.63) is 29.8 Å². The summed E-state index contributed by atoms with van der Waals surface area (Å²) in [6.45, 7) is 10.7. The fourth-order valence-electron chi connectivity index (χ4n) is 2.40. The lowest BCUT2D eigenvalue weighted by atomic mass is 9.98. The summed E-state index contributed by atoms with van der Waals surface area (Å²) in [5.74, 6) is 1.23. The molecule has 1 aromatic carbocycles. The molecule has 0 bridgehead atoms. The van der Waals surface area contributed by atoms with Gasteiger partial charge in [-0.2, -0.15) is 0 Å². The summed E-state index contributed by atoms with van der Waals surface area (Å²) in [5.41, 5.74) is 1.21. The van der Waals surface area contributed by atoms with Gasteiger partial charge in [-0.05, 0) is 43.7 Å². The van der Waals surface area contributed by atoms with E-state index in [2.05, 4.69) is 19.9 Å². The van der Waals surface area contributed by atoms with E-state index in [4.69, 9.17) is 9.47 Å². The smallest absolute Gasteiger partial charge is 0.309 e. The third kappa shape index (κ3) is 5.36. The van der Waals surface area contributed by atoms with Crippen molar-refractivity contribution in [2.24, 2.45) is 5.92 Å². The summed E-state index contributed by atoms with van der Waals surface area (Å²) in [4.78, 5) is 12.0. The van der Waals surface area contributed by atoms with E-state index in [1.54, 1.807) is 0 Å². The minimum Gasteiger partial charge on any atom is -0.489 e. The number of hydrogen-bond acceptors (Lipinski definition) is 3. The molecule has 3 nitrogen and oxygen atoms in total. The number of carbonyl (C=O) groups is 1. The van der Waals surface area contributed by atoms with Crippen molar-refractivity contribution in [1.29, 1.82) is 0 Å². The lowest BCUT2D eigenvalue weighted by Crippen LogP contribution is -2.26. The Morgan fingerprint density at radius 1 is 1.05 bits per heavy atom. The molecular weight excluding hydrogens is 276 g/mol. The van der Waals surface area contributed by atoms with E-state index in [1.807, 2.05) is 39.0 Å². The van der Waals surface area contributed by atoms with E-state index in [0.29, 0.717) is 12.5 Å². The van der Waals surface area contributed by atoms with Crippen LogP contribution in [-0.4, -0.2) is 18.7 Å². The molecule has 0 saturated heterocycles. The molecule has 0 saturated carbocycles. The first-order valence-corrected chi connectivity index (χ1v) is 8.45. The summed E-state index contributed by atoms with van der Waals surface area (Å²) < 4.78 is 11.4. The fourth-order valence-corrected chi connectivity index (χ4v) is 2.40. The van der Waals surface area contributed by atoms with Crippen LogP contribution < -0.4 is 4.74 Å². The molecular formula is C19H30O3. The zero-order valence-electron chi connectivity index (χ0n) is 14.6. The third-order valence-electron chi connectivity index (χ3n) is 4.17. The monoisotopic (exact) mass is 306 g/mol. The Hall–Kier alpha value is -1.51. The molecule has 0 aliphatic rings. The van der Waals surface area contributed by atoms with Crippen molar-refractivity contribution in [2.45, 2.75) is 65.9 Å². The Bertz CT molecular complexity index is 452. The lowest BCUT2D eigenvalue weighted by Gasteiger charge is -2.20. The number of para-hydroxylation sites is 1. The Kier molecular flexibility index (Phi) is 8.00. The van der Waals surface area contributed by atoms with Crippen LogP contribution in [0, 0.1) is 5.92 Å². The average Bonchev–Trinajstić information content (AvgIpc) is 2.53. The van der Waals surface area contributed by atoms with Crippen molar-refractivity contribution < 1.29 is 14.3 Å². The summed E-state index contributed by atoms with van der Waals surface area (Å²) in [6.07, 6.45) is 2.47. The second kappa shape index (κ2) is 9.50. The summed E-state index contributed by atoms with van der Waals surface area (Å²) in [5, 5.41) is 0. The van der Waals surface area contributed by atoms with E-state index >= 15 is 0 Å². The quantitative estimate of drug-likeness (QED) is 0.606. The Morgan fingerprint density at radius 3 is 2.27 bits per heavy atom. The van der Waals surface area contributed by atoms with Gasteiger partial charge in [0.25, 0.3) is 0 Å². The van der Waals surface area contributed by atoms with Gasteiger partial charge in [-0.15, -0.1) is 0 Å². The molecule has 0 aromatic heterocycles. The van der Waals surface area contributed by atoms with Crippen LogP contribution in [0.5, 0.6) is 5.75 Å². The van der Waals surface area contributed by atoms with Crippen molar-refractivity contribution in [2.75, 3.05) is 6.61 Å². The van der Waals surface area contributed by atoms with Crippen LogP contribution in [0.2, 0.25) is 0 Å². The van der Waals surface area contributed by atoms with Crippen LogP contribution in [0.15, 0.2) is 24.3 Å². The van der Waals surface area contributed by atoms with E-state index in [0.717, 1.165) is 25.0 Å². The normalized spacial score (nSPS) is 13.7. The van der Waals surface area contributed by atoms with Gasteiger partial charge < -0.3 is 9.47 Å². The third-order valence-corrected chi connectivity index (χ3v) is 4.17. The van der Waals surface area contributed by atoms with Gasteiger partial charge in [0.15, 0.2) is 0 Å². The molecule has 1 aromatic rings. The highest BCUT2D eigenvalue weighted by Gasteiger charge is 2.19. The van der Waals surface area contributed by atoms with Gasteiger partial charge in [-0.1, -0.05) is 45.9 Å². The minimum atomic E-state index is -0.238. The van der Waals surface area contributed by atoms with Crippen LogP contribution in [0.1, 0.15) is 65.4 Å². The highest BCUT2D eigenvalue weighted by atomic mass is 16.6. The van der Waals surface area contributed by atoms with Gasteiger partial charge in [0.2, 0.25) is 0 Å². The Balaban J connectivity index is 2.57. The molecule has 2 atom stereocenters. The maximum absolute atomic E-state index is 12.0. The number of carbonyl (C=O) groups excluding carboxylic acids is 1. The standard InChI is InChI=1S/C19H30O3/c1-6-14(4)17-11-9-10-12-18(17)21-13-15(5)22-19(20)16(7-2)8-3/h9-12,14-16H,6-8,13H2,1-5H3/t14-,15-/m0/s1. The molecule has 0 radical (unpaired) electrons. The summed E-state index contributed by atoms with van der Waals surface area (Å²) in [6, 6.07) is 8.09. The van der Waals surface area contributed by atoms with E-state index in [9.17, 15) is 4.79 Å². The minimum absolute atomic E-state index is 0.00477. The predicted octanol–water partition coefficient (Wildman–Crippen LogP) is 4.95. The first kappa shape index (κ1) is 18.5. The number of hydrogen-bond donors (Lipinski definition) is 0. The Labute approximate surface area is 135 Å². The van der Waals surface area contributed by atoms with Gasteiger partial charge in [-0.3, -0.25) is 4.79 Å². The fraction of sp³-hybridized carbons (Fsp3) is 0.632. The second-order valence-corrected chi connectivity index (χ2v) is 5.92. The molecule has 0 unspecified atom stereocenters. The molecule has 124 valence electrons. The van der Waals surface area contributed by atoms with Gasteiger partial charge in [-0.25, -0.2) is 0 Å². The SMILES string of the molecule is CCC(CC)C(=O)O[C@@H](C)COc1ccccc1[C@@H](C)CC. The molecule has 0 N–H and O–H groups in total. The van der Waals surface area contributed by atoms with E-state index in [1.165, 1.54) is 5.56 Å². The number of benzene rings is 1. The van der Waals surface area contributed by atoms with Gasteiger partial charge in [0.1, 0.15) is 18.5 Å². The first-order chi connectivity index (χ1) is 10.5. The maximum Gasteiger partial charge on any atom is 0.309 e. The second-order valence-electron chi connectivity index (χ2n) is 5.92. The lowest BCUT2D eigenvalue weighted by molar-refractivity contribution is -0.154. The summed E-state index contributed by atoms with van der Waals surface area (Å²) >= 11 is 0. The maximum atomic E-state index is 12.0. The van der Waals surface area contributed by atoms with E-state index < -0.39 is 0 Å². The molecule has 0 aliphatic carbocycles. The number of esters is 1. The van der Waals surface area contributed by atoms with Crippen LogP contribution in [0.3, 0.4) is 0 Å². The van der Waals surface area contributed by atoms with Gasteiger partial charge in [0, 0.05) is 0 Å². The van der Waals surface area contributed by atoms with Crippen molar-refractivity contribution in [3.8, 4) is 5.75 Å². The largest absolute Gasteiger partial charge is 0.489 e. The zero-order valence-corrected chi connectivity index (χ0v) is 14.6. The number of rotatable bonds is 9. The van der Waals surface area contributed by atoms with Crippen LogP contribution in [0.4, 0.5) is 0 Å². The molecule has 0 heterocycles. The van der Waals surface area contributed by atoms with Crippen LogP contribution >= 0.6 is 0 Å². The summed E-state index contributed by atoms with van der Waals surface area (Å²) in [7, 11) is 0. The number of ether oxygens (including phenoxy) is 2. The highest BCUT2D eigenvalue weighted by molar-refractivity contribution is 5.72. The van der Waals surface area contributed by atoms with E-state index in [-0.39, 0.29) is 18.0 Å². The molecule has 0 fully saturated rings. The molecule has 22 heavy (non-hydrogen) atoms.